The van der Waals surface area contributed by atoms with Gasteiger partial charge in [0.05, 0.1) is 11.8 Å². The summed E-state index contributed by atoms with van der Waals surface area (Å²) in [5.74, 6) is -2.41. The number of rotatable bonds is 6. The lowest BCUT2D eigenvalue weighted by molar-refractivity contribution is -0.142. The maximum atomic E-state index is 12.9. The van der Waals surface area contributed by atoms with Crippen molar-refractivity contribution in [2.45, 2.75) is 26.2 Å². The molecule has 0 aliphatic rings. The van der Waals surface area contributed by atoms with Crippen molar-refractivity contribution in [2.75, 3.05) is 13.6 Å². The van der Waals surface area contributed by atoms with Crippen molar-refractivity contribution in [1.82, 2.24) is 4.90 Å². The number of amides is 1. The Hall–Kier alpha value is -1.91. The summed E-state index contributed by atoms with van der Waals surface area (Å²) in [5, 5.41) is 8.88. The molecule has 5 heteroatoms. The van der Waals surface area contributed by atoms with Gasteiger partial charge in [0.15, 0.2) is 0 Å². The summed E-state index contributed by atoms with van der Waals surface area (Å²) in [6.45, 7) is 3.59. The van der Waals surface area contributed by atoms with Crippen LogP contribution in [0.1, 0.15) is 31.7 Å². The molecule has 0 spiro atoms. The van der Waals surface area contributed by atoms with Crippen molar-refractivity contribution >= 4 is 11.9 Å². The van der Waals surface area contributed by atoms with Crippen LogP contribution in [-0.4, -0.2) is 35.5 Å². The summed E-state index contributed by atoms with van der Waals surface area (Å²) >= 11 is 0. The molecule has 0 bridgehead atoms. The SMILES string of the molecule is CCC(C(=O)N(C)CC(C)C(=O)O)c1ccc(F)cc1. The number of benzene rings is 1. The molecule has 4 nitrogen and oxygen atoms in total. The zero-order chi connectivity index (χ0) is 15.3. The maximum absolute atomic E-state index is 12.9. The van der Waals surface area contributed by atoms with Gasteiger partial charge in [-0.25, -0.2) is 4.39 Å². The van der Waals surface area contributed by atoms with Crippen molar-refractivity contribution in [3.63, 3.8) is 0 Å². The Bertz CT molecular complexity index is 473. The van der Waals surface area contributed by atoms with Crippen molar-refractivity contribution in [1.29, 1.82) is 0 Å². The Kier molecular flexibility index (Phi) is 5.67. The lowest BCUT2D eigenvalue weighted by Gasteiger charge is -2.24. The first-order chi connectivity index (χ1) is 9.36. The van der Waals surface area contributed by atoms with Crippen LogP contribution < -0.4 is 0 Å². The first kappa shape index (κ1) is 16.1. The highest BCUT2D eigenvalue weighted by Gasteiger charge is 2.24. The summed E-state index contributed by atoms with van der Waals surface area (Å²) in [6, 6.07) is 5.84. The normalized spacial score (nSPS) is 13.6. The highest BCUT2D eigenvalue weighted by Crippen LogP contribution is 2.22. The summed E-state index contributed by atoms with van der Waals surface area (Å²) < 4.78 is 12.9. The number of hydrogen-bond donors (Lipinski definition) is 1. The zero-order valence-corrected chi connectivity index (χ0v) is 12.0. The molecule has 0 saturated heterocycles. The molecule has 1 amide bonds. The van der Waals surface area contributed by atoms with Gasteiger partial charge < -0.3 is 10.0 Å². The van der Waals surface area contributed by atoms with E-state index in [2.05, 4.69) is 0 Å². The Morgan fingerprint density at radius 2 is 1.85 bits per heavy atom. The lowest BCUT2D eigenvalue weighted by atomic mass is 9.94. The number of halogens is 1. The standard InChI is InChI=1S/C15H20FNO3/c1-4-13(11-5-7-12(16)8-6-11)14(18)17(3)9-10(2)15(19)20/h5-8,10,13H,4,9H2,1-3H3,(H,19,20). The molecule has 0 radical (unpaired) electrons. The van der Waals surface area contributed by atoms with E-state index < -0.39 is 11.9 Å². The number of aliphatic carboxylic acids is 1. The minimum absolute atomic E-state index is 0.146. The van der Waals surface area contributed by atoms with Crippen molar-refractivity contribution < 1.29 is 19.1 Å². The van der Waals surface area contributed by atoms with Gasteiger partial charge in [0.2, 0.25) is 5.91 Å². The van der Waals surface area contributed by atoms with Crippen LogP contribution in [0.15, 0.2) is 24.3 Å². The highest BCUT2D eigenvalue weighted by atomic mass is 19.1. The molecule has 1 rings (SSSR count). The third-order valence-corrected chi connectivity index (χ3v) is 3.32. The zero-order valence-electron chi connectivity index (χ0n) is 12.0. The van der Waals surface area contributed by atoms with Gasteiger partial charge in [-0.05, 0) is 24.1 Å². The van der Waals surface area contributed by atoms with Crippen LogP contribution in [0.5, 0.6) is 0 Å². The fraction of sp³-hybridized carbons (Fsp3) is 0.467. The maximum Gasteiger partial charge on any atom is 0.308 e. The van der Waals surface area contributed by atoms with Crippen molar-refractivity contribution in [3.8, 4) is 0 Å². The van der Waals surface area contributed by atoms with E-state index in [1.165, 1.54) is 17.0 Å². The van der Waals surface area contributed by atoms with Crippen LogP contribution in [-0.2, 0) is 9.59 Å². The molecule has 0 fully saturated rings. The summed E-state index contributed by atoms with van der Waals surface area (Å²) in [4.78, 5) is 24.6. The minimum atomic E-state index is -0.931. The van der Waals surface area contributed by atoms with Gasteiger partial charge in [-0.1, -0.05) is 26.0 Å². The molecule has 0 aliphatic heterocycles. The average Bonchev–Trinajstić information content (AvgIpc) is 2.41. The predicted octanol–water partition coefficient (Wildman–Crippen LogP) is 2.50. The van der Waals surface area contributed by atoms with E-state index in [1.807, 2.05) is 6.92 Å². The number of carbonyl (C=O) groups excluding carboxylic acids is 1. The largest absolute Gasteiger partial charge is 0.481 e. The fourth-order valence-electron chi connectivity index (χ4n) is 2.09. The summed E-state index contributed by atoms with van der Waals surface area (Å²) in [5.41, 5.74) is 0.744. The Morgan fingerprint density at radius 3 is 2.30 bits per heavy atom. The number of hydrogen-bond acceptors (Lipinski definition) is 2. The third kappa shape index (κ3) is 4.05. The van der Waals surface area contributed by atoms with E-state index in [-0.39, 0.29) is 24.2 Å². The van der Waals surface area contributed by atoms with E-state index >= 15 is 0 Å². The lowest BCUT2D eigenvalue weighted by Crippen LogP contribution is -2.36. The molecule has 2 atom stereocenters. The summed E-state index contributed by atoms with van der Waals surface area (Å²) in [6.07, 6.45) is 0.580. The molecule has 1 N–H and O–H groups in total. The van der Waals surface area contributed by atoms with Gasteiger partial charge in [0.1, 0.15) is 5.82 Å². The highest BCUT2D eigenvalue weighted by molar-refractivity contribution is 5.84. The molecule has 110 valence electrons. The van der Waals surface area contributed by atoms with Crippen molar-refractivity contribution in [2.24, 2.45) is 5.92 Å². The van der Waals surface area contributed by atoms with Crippen LogP contribution in [0.4, 0.5) is 4.39 Å². The van der Waals surface area contributed by atoms with Gasteiger partial charge in [-0.15, -0.1) is 0 Å². The van der Waals surface area contributed by atoms with Gasteiger partial charge in [-0.2, -0.15) is 0 Å². The fourth-order valence-corrected chi connectivity index (χ4v) is 2.09. The molecule has 20 heavy (non-hydrogen) atoms. The number of carboxylic acid groups (broad SMARTS) is 1. The molecule has 0 aromatic heterocycles. The van der Waals surface area contributed by atoms with Crippen LogP contribution >= 0.6 is 0 Å². The third-order valence-electron chi connectivity index (χ3n) is 3.32. The van der Waals surface area contributed by atoms with E-state index in [4.69, 9.17) is 5.11 Å². The van der Waals surface area contributed by atoms with Crippen molar-refractivity contribution in [3.05, 3.63) is 35.6 Å². The molecular formula is C15H20FNO3. The second-order valence-electron chi connectivity index (χ2n) is 4.97. The van der Waals surface area contributed by atoms with Gasteiger partial charge in [0.25, 0.3) is 0 Å². The quantitative estimate of drug-likeness (QED) is 0.871. The Labute approximate surface area is 118 Å². The monoisotopic (exact) mass is 281 g/mol. The number of carbonyl (C=O) groups is 2. The van der Waals surface area contributed by atoms with E-state index in [1.54, 1.807) is 26.1 Å². The average molecular weight is 281 g/mol. The molecule has 0 saturated carbocycles. The second kappa shape index (κ2) is 7.03. The van der Waals surface area contributed by atoms with Crippen LogP contribution in [0.3, 0.4) is 0 Å². The molecular weight excluding hydrogens is 261 g/mol. The smallest absolute Gasteiger partial charge is 0.308 e. The van der Waals surface area contributed by atoms with Gasteiger partial charge >= 0.3 is 5.97 Å². The molecule has 0 aliphatic carbocycles. The predicted molar refractivity (Wildman–Crippen MR) is 73.9 cm³/mol. The Balaban J connectivity index is 2.81. The second-order valence-corrected chi connectivity index (χ2v) is 4.97. The molecule has 2 unspecified atom stereocenters. The first-order valence-electron chi connectivity index (χ1n) is 6.60. The van der Waals surface area contributed by atoms with Crippen LogP contribution in [0, 0.1) is 11.7 Å². The minimum Gasteiger partial charge on any atom is -0.481 e. The van der Waals surface area contributed by atoms with Crippen LogP contribution in [0.25, 0.3) is 0 Å². The number of nitrogens with zero attached hydrogens (tertiary/aromatic N) is 1. The van der Waals surface area contributed by atoms with E-state index in [9.17, 15) is 14.0 Å². The first-order valence-corrected chi connectivity index (χ1v) is 6.60. The van der Waals surface area contributed by atoms with Crippen LogP contribution in [0.2, 0.25) is 0 Å². The van der Waals surface area contributed by atoms with Gasteiger partial charge in [0, 0.05) is 13.6 Å². The van der Waals surface area contributed by atoms with E-state index in [0.717, 1.165) is 5.56 Å². The summed E-state index contributed by atoms with van der Waals surface area (Å²) in [7, 11) is 1.59. The van der Waals surface area contributed by atoms with E-state index in [0.29, 0.717) is 6.42 Å². The topological polar surface area (TPSA) is 57.6 Å². The molecule has 1 aromatic carbocycles. The molecule has 0 heterocycles. The number of likely N-dealkylation sites (N-methyl/N-ethyl adjacent to an activating group) is 1. The number of carboxylic acids is 1. The van der Waals surface area contributed by atoms with Gasteiger partial charge in [-0.3, -0.25) is 9.59 Å². The Morgan fingerprint density at radius 1 is 1.30 bits per heavy atom. The molecule has 1 aromatic rings.